The van der Waals surface area contributed by atoms with Gasteiger partial charge >= 0.3 is 0 Å². The van der Waals surface area contributed by atoms with Crippen LogP contribution >= 0.6 is 0 Å². The number of carbonyl (C=O) groups excluding carboxylic acids is 1. The molecule has 0 spiro atoms. The molecular formula is C15H18N2O2. The third kappa shape index (κ3) is 3.02. The zero-order valence-electron chi connectivity index (χ0n) is 11.0. The summed E-state index contributed by atoms with van der Waals surface area (Å²) in [4.78, 5) is 16.1. The molecule has 2 rings (SSSR count). The Morgan fingerprint density at radius 2 is 2.16 bits per heavy atom. The minimum Gasteiger partial charge on any atom is -0.505 e. The molecule has 0 bridgehead atoms. The van der Waals surface area contributed by atoms with Gasteiger partial charge in [0.05, 0.1) is 5.56 Å². The number of pyridine rings is 1. The minimum atomic E-state index is -0.249. The maximum atomic E-state index is 12.0. The van der Waals surface area contributed by atoms with Crippen molar-refractivity contribution in [2.75, 3.05) is 6.54 Å². The molecule has 1 aromatic carbocycles. The number of fused-ring (bicyclic) bond motifs is 1. The van der Waals surface area contributed by atoms with E-state index in [1.807, 2.05) is 6.07 Å². The lowest BCUT2D eigenvalue weighted by molar-refractivity contribution is 0.0950. The number of unbranched alkanes of at least 4 members (excludes halogenated alkanes) is 2. The number of hydrogen-bond donors (Lipinski definition) is 2. The molecule has 4 heteroatoms. The van der Waals surface area contributed by atoms with Gasteiger partial charge in [-0.3, -0.25) is 9.78 Å². The summed E-state index contributed by atoms with van der Waals surface area (Å²) in [5, 5.41) is 13.7. The zero-order chi connectivity index (χ0) is 13.7. The van der Waals surface area contributed by atoms with E-state index in [0.717, 1.165) is 24.6 Å². The number of carbonyl (C=O) groups is 1. The number of phenolic OH excluding ortho intramolecular Hbond substituents is 1. The number of aromatic hydroxyl groups is 1. The van der Waals surface area contributed by atoms with Gasteiger partial charge in [-0.05, 0) is 18.6 Å². The van der Waals surface area contributed by atoms with E-state index in [0.29, 0.717) is 12.1 Å². The molecule has 4 nitrogen and oxygen atoms in total. The van der Waals surface area contributed by atoms with E-state index in [9.17, 15) is 9.90 Å². The molecule has 0 unspecified atom stereocenters. The Morgan fingerprint density at radius 1 is 1.32 bits per heavy atom. The highest BCUT2D eigenvalue weighted by Gasteiger charge is 2.13. The third-order valence-electron chi connectivity index (χ3n) is 3.06. The van der Waals surface area contributed by atoms with E-state index >= 15 is 0 Å². The number of benzene rings is 1. The van der Waals surface area contributed by atoms with Crippen LogP contribution in [0.25, 0.3) is 10.9 Å². The number of rotatable bonds is 5. The molecule has 2 aromatic rings. The number of nitrogens with one attached hydrogen (secondary N) is 1. The molecule has 1 aromatic heterocycles. The van der Waals surface area contributed by atoms with E-state index in [1.54, 1.807) is 24.4 Å². The second kappa shape index (κ2) is 6.18. The van der Waals surface area contributed by atoms with Gasteiger partial charge in [-0.15, -0.1) is 0 Å². The number of aromatic nitrogens is 1. The molecule has 0 atom stereocenters. The lowest BCUT2D eigenvalue weighted by Crippen LogP contribution is -2.24. The molecule has 0 fully saturated rings. The van der Waals surface area contributed by atoms with Crippen LogP contribution in [-0.2, 0) is 0 Å². The predicted octanol–water partition coefficient (Wildman–Crippen LogP) is 2.86. The van der Waals surface area contributed by atoms with E-state index in [4.69, 9.17) is 0 Å². The first-order valence-corrected chi connectivity index (χ1v) is 6.59. The van der Waals surface area contributed by atoms with Gasteiger partial charge in [0, 0.05) is 18.1 Å². The molecule has 0 aliphatic heterocycles. The van der Waals surface area contributed by atoms with Gasteiger partial charge in [0.25, 0.3) is 5.91 Å². The molecule has 1 heterocycles. The summed E-state index contributed by atoms with van der Waals surface area (Å²) in [7, 11) is 0. The van der Waals surface area contributed by atoms with Gasteiger partial charge in [0.1, 0.15) is 5.52 Å². The summed E-state index contributed by atoms with van der Waals surface area (Å²) in [5.74, 6) is -0.299. The van der Waals surface area contributed by atoms with Crippen molar-refractivity contribution in [2.24, 2.45) is 0 Å². The maximum Gasteiger partial charge on any atom is 0.255 e. The van der Waals surface area contributed by atoms with Crippen molar-refractivity contribution in [1.82, 2.24) is 10.3 Å². The van der Waals surface area contributed by atoms with Gasteiger partial charge in [-0.2, -0.15) is 0 Å². The molecule has 100 valence electrons. The van der Waals surface area contributed by atoms with Crippen LogP contribution in [0.1, 0.15) is 36.5 Å². The standard InChI is InChI=1S/C15H18N2O2/c1-2-3-4-9-17-15(19)12-8-7-11-6-5-10-16-13(11)14(12)18/h5-8,10,18H,2-4,9H2,1H3,(H,17,19). The van der Waals surface area contributed by atoms with Gasteiger partial charge < -0.3 is 10.4 Å². The van der Waals surface area contributed by atoms with Crippen LogP contribution in [0.3, 0.4) is 0 Å². The van der Waals surface area contributed by atoms with Crippen molar-refractivity contribution in [3.05, 3.63) is 36.0 Å². The molecule has 0 radical (unpaired) electrons. The van der Waals surface area contributed by atoms with Crippen molar-refractivity contribution in [3.63, 3.8) is 0 Å². The highest BCUT2D eigenvalue weighted by atomic mass is 16.3. The number of nitrogens with zero attached hydrogens (tertiary/aromatic N) is 1. The second-order valence-electron chi connectivity index (χ2n) is 4.50. The fourth-order valence-electron chi connectivity index (χ4n) is 1.99. The SMILES string of the molecule is CCCCCNC(=O)c1ccc2cccnc2c1O. The first-order valence-electron chi connectivity index (χ1n) is 6.59. The molecule has 2 N–H and O–H groups in total. The first-order chi connectivity index (χ1) is 9.24. The Kier molecular flexibility index (Phi) is 4.34. The monoisotopic (exact) mass is 258 g/mol. The minimum absolute atomic E-state index is 0.0499. The van der Waals surface area contributed by atoms with Crippen molar-refractivity contribution < 1.29 is 9.90 Å². The fourth-order valence-corrected chi connectivity index (χ4v) is 1.99. The van der Waals surface area contributed by atoms with Crippen LogP contribution < -0.4 is 5.32 Å². The average molecular weight is 258 g/mol. The average Bonchev–Trinajstić information content (AvgIpc) is 2.44. The molecule has 0 saturated carbocycles. The topological polar surface area (TPSA) is 62.2 Å². The van der Waals surface area contributed by atoms with Crippen molar-refractivity contribution >= 4 is 16.8 Å². The Bertz CT molecular complexity index is 581. The summed E-state index contributed by atoms with van der Waals surface area (Å²) < 4.78 is 0. The summed E-state index contributed by atoms with van der Waals surface area (Å²) in [6, 6.07) is 7.08. The fraction of sp³-hybridized carbons (Fsp3) is 0.333. The number of amides is 1. The van der Waals surface area contributed by atoms with Gasteiger partial charge in [0.2, 0.25) is 0 Å². The maximum absolute atomic E-state index is 12.0. The normalized spacial score (nSPS) is 10.6. The predicted molar refractivity (Wildman–Crippen MR) is 75.3 cm³/mol. The Morgan fingerprint density at radius 3 is 2.95 bits per heavy atom. The van der Waals surface area contributed by atoms with E-state index in [1.165, 1.54) is 0 Å². The van der Waals surface area contributed by atoms with Crippen LogP contribution in [0.2, 0.25) is 0 Å². The largest absolute Gasteiger partial charge is 0.505 e. The van der Waals surface area contributed by atoms with E-state index < -0.39 is 0 Å². The summed E-state index contributed by atoms with van der Waals surface area (Å²) in [6.45, 7) is 2.75. The van der Waals surface area contributed by atoms with Crippen LogP contribution in [0.15, 0.2) is 30.5 Å². The first kappa shape index (κ1) is 13.3. The van der Waals surface area contributed by atoms with Crippen LogP contribution in [0, 0.1) is 0 Å². The molecule has 0 aliphatic rings. The molecule has 19 heavy (non-hydrogen) atoms. The molecular weight excluding hydrogens is 240 g/mol. The van der Waals surface area contributed by atoms with Crippen LogP contribution in [0.5, 0.6) is 5.75 Å². The Labute approximate surface area is 112 Å². The summed E-state index contributed by atoms with van der Waals surface area (Å²) >= 11 is 0. The Hall–Kier alpha value is -2.10. The lowest BCUT2D eigenvalue weighted by Gasteiger charge is -2.08. The van der Waals surface area contributed by atoms with E-state index in [-0.39, 0.29) is 17.2 Å². The van der Waals surface area contributed by atoms with Crippen molar-refractivity contribution in [1.29, 1.82) is 0 Å². The molecule has 0 aliphatic carbocycles. The van der Waals surface area contributed by atoms with Crippen LogP contribution in [0.4, 0.5) is 0 Å². The van der Waals surface area contributed by atoms with Crippen molar-refractivity contribution in [2.45, 2.75) is 26.2 Å². The quantitative estimate of drug-likeness (QED) is 0.811. The number of hydrogen-bond acceptors (Lipinski definition) is 3. The van der Waals surface area contributed by atoms with Gasteiger partial charge in [-0.25, -0.2) is 0 Å². The second-order valence-corrected chi connectivity index (χ2v) is 4.50. The summed E-state index contributed by atoms with van der Waals surface area (Å²) in [6.07, 6.45) is 4.76. The smallest absolute Gasteiger partial charge is 0.255 e. The number of phenols is 1. The third-order valence-corrected chi connectivity index (χ3v) is 3.06. The molecule has 0 saturated heterocycles. The molecule has 1 amide bonds. The van der Waals surface area contributed by atoms with Gasteiger partial charge in [-0.1, -0.05) is 31.9 Å². The zero-order valence-corrected chi connectivity index (χ0v) is 11.0. The van der Waals surface area contributed by atoms with Gasteiger partial charge in [0.15, 0.2) is 5.75 Å². The highest BCUT2D eigenvalue weighted by Crippen LogP contribution is 2.26. The summed E-state index contributed by atoms with van der Waals surface area (Å²) in [5.41, 5.74) is 0.742. The van der Waals surface area contributed by atoms with E-state index in [2.05, 4.69) is 17.2 Å². The Balaban J connectivity index is 2.16. The van der Waals surface area contributed by atoms with Crippen LogP contribution in [-0.4, -0.2) is 22.5 Å². The van der Waals surface area contributed by atoms with Crippen molar-refractivity contribution in [3.8, 4) is 5.75 Å². The lowest BCUT2D eigenvalue weighted by atomic mass is 10.1. The highest BCUT2D eigenvalue weighted by molar-refractivity contribution is 6.02.